The van der Waals surface area contributed by atoms with Crippen LogP contribution in [0, 0.1) is 27.8 Å². The van der Waals surface area contributed by atoms with Crippen molar-refractivity contribution in [3.8, 4) is 0 Å². The molecule has 10 nitrogen and oxygen atoms in total. The zero-order valence-corrected chi connectivity index (χ0v) is 16.9. The maximum absolute atomic E-state index is 8.89. The molecule has 0 unspecified atom stereocenters. The molecule has 0 saturated heterocycles. The molecule has 0 aromatic heterocycles. The molecule has 0 aromatic rings. The summed E-state index contributed by atoms with van der Waals surface area (Å²) in [7, 11) is 0. The van der Waals surface area contributed by atoms with Crippen LogP contribution in [0.1, 0.15) is 27.7 Å². The maximum atomic E-state index is 8.89. The fourth-order valence-electron chi connectivity index (χ4n) is 0. The molecule has 0 aliphatic carbocycles. The molecule has 0 N–H and O–H groups in total. The Morgan fingerprint density at radius 3 is 0.600 bits per heavy atom. The predicted octanol–water partition coefficient (Wildman–Crippen LogP) is -5.59. The Morgan fingerprint density at radius 2 is 0.600 bits per heavy atom. The van der Waals surface area contributed by atoms with E-state index in [1.165, 1.54) is 0 Å². The van der Waals surface area contributed by atoms with E-state index in [0.29, 0.717) is 0 Å². The molecule has 0 fully saturated rings. The molecule has 0 aliphatic heterocycles. The van der Waals surface area contributed by atoms with Crippen LogP contribution in [0.5, 0.6) is 0 Å². The summed E-state index contributed by atoms with van der Waals surface area (Å²) in [5, 5.41) is 35.6. The molecule has 0 aliphatic rings. The number of hydrogen-bond donors (Lipinski definition) is 0. The summed E-state index contributed by atoms with van der Waals surface area (Å²) >= 11 is -2.51. The second kappa shape index (κ2) is 36.2. The van der Waals surface area contributed by atoms with Crippen molar-refractivity contribution in [3.05, 3.63) is 0 Å². The minimum absolute atomic E-state index is 0. The summed E-state index contributed by atoms with van der Waals surface area (Å²) in [6.07, 6.45) is 0. The molecule has 0 atom stereocenters. The molecule has 0 heterocycles. The Kier molecular flexibility index (Phi) is 66.1. The second-order valence-electron chi connectivity index (χ2n) is 2.05. The Morgan fingerprint density at radius 1 is 0.600 bits per heavy atom. The van der Waals surface area contributed by atoms with Crippen LogP contribution in [0.25, 0.3) is 0 Å². The van der Waals surface area contributed by atoms with Crippen molar-refractivity contribution < 1.29 is 71.9 Å². The van der Waals surface area contributed by atoms with Crippen LogP contribution in [0.4, 0.5) is 0 Å². The molecule has 0 bridgehead atoms. The van der Waals surface area contributed by atoms with Crippen molar-refractivity contribution in [3.63, 3.8) is 0 Å². The second-order valence-corrected chi connectivity index (χ2v) is 2.74. The van der Waals surface area contributed by atoms with Gasteiger partial charge in [0.25, 0.3) is 0 Å². The summed E-state index contributed by atoms with van der Waals surface area (Å²) in [6, 6.07) is 0. The van der Waals surface area contributed by atoms with E-state index in [-0.39, 0.29) is 23.1 Å². The van der Waals surface area contributed by atoms with Crippen LogP contribution < -0.4 is 20.4 Å². The first kappa shape index (κ1) is 36.5. The third kappa shape index (κ3) is 9330. The molecule has 0 spiro atoms. The van der Waals surface area contributed by atoms with E-state index in [2.05, 4.69) is 0 Å². The quantitative estimate of drug-likeness (QED) is 0.272. The molecule has 0 radical (unpaired) electrons. The van der Waals surface area contributed by atoms with E-state index >= 15 is 0 Å². The van der Waals surface area contributed by atoms with Crippen LogP contribution in [0.2, 0.25) is 0 Å². The van der Waals surface area contributed by atoms with Gasteiger partial charge in [-0.3, -0.25) is 0 Å². The molecular formula is C8H12MgO10U. The van der Waals surface area contributed by atoms with E-state index < -0.39 is 51.7 Å². The number of aliphatic carboxylic acids is 4. The minimum atomic E-state index is -2.51. The fraction of sp³-hybridized carbons (Fsp3) is 0.500. The molecule has 110 valence electrons. The van der Waals surface area contributed by atoms with E-state index in [0.717, 1.165) is 27.7 Å². The Balaban J connectivity index is -0.0000000304. The molecule has 0 rings (SSSR count). The Labute approximate surface area is 145 Å². The van der Waals surface area contributed by atoms with Gasteiger partial charge in [0, 0.05) is 23.9 Å². The standard InChI is InChI=1S/4C2H4O2.Mg.2O.U/c4*1-2(3)4;;;;/h4*1H3,(H,3,4);;;;/q;;;;+2;;;+2/p-4. The Bertz CT molecular complexity index is 234. The number of carbonyl (C=O) groups is 4. The zero-order chi connectivity index (χ0) is 17.0. The molecular weight excluding hydrogens is 518 g/mol. The van der Waals surface area contributed by atoms with Gasteiger partial charge in [-0.25, -0.2) is 0 Å². The van der Waals surface area contributed by atoms with Crippen molar-refractivity contribution in [2.75, 3.05) is 0 Å². The fourth-order valence-corrected chi connectivity index (χ4v) is 0. The van der Waals surface area contributed by atoms with Crippen LogP contribution in [-0.2, 0) is 23.6 Å². The van der Waals surface area contributed by atoms with E-state index in [4.69, 9.17) is 44.1 Å². The summed E-state index contributed by atoms with van der Waals surface area (Å²) in [4.78, 5) is 35.6. The first-order valence-corrected chi connectivity index (χ1v) is 7.44. The number of carbonyl (C=O) groups excluding carboxylic acids is 4. The third-order valence-corrected chi connectivity index (χ3v) is 0. The van der Waals surface area contributed by atoms with Gasteiger partial charge in [-0.15, -0.1) is 0 Å². The van der Waals surface area contributed by atoms with Gasteiger partial charge in [0.15, 0.2) is 0 Å². The van der Waals surface area contributed by atoms with Gasteiger partial charge >= 0.3 is 55.3 Å². The molecule has 0 saturated carbocycles. The van der Waals surface area contributed by atoms with Crippen molar-refractivity contribution in [2.45, 2.75) is 27.7 Å². The van der Waals surface area contributed by atoms with E-state index in [9.17, 15) is 0 Å². The van der Waals surface area contributed by atoms with Crippen molar-refractivity contribution >= 4 is 46.9 Å². The first-order valence-electron chi connectivity index (χ1n) is 4.04. The van der Waals surface area contributed by atoms with Gasteiger partial charge in [0.05, 0.1) is 0 Å². The SMILES string of the molecule is CC(=O)[O-].CC(=O)[O-].CC(=O)[O-].CC(=O)[O-].[Mg+2].[O]=[U+2]=[O]. The van der Waals surface area contributed by atoms with Crippen molar-refractivity contribution in [1.29, 1.82) is 0 Å². The van der Waals surface area contributed by atoms with E-state index in [1.54, 1.807) is 0 Å². The monoisotopic (exact) mass is 530 g/mol. The summed E-state index contributed by atoms with van der Waals surface area (Å²) < 4.78 is 17.2. The molecule has 12 heteroatoms. The average molecular weight is 531 g/mol. The van der Waals surface area contributed by atoms with Gasteiger partial charge in [-0.2, -0.15) is 0 Å². The average Bonchev–Trinajstić information content (AvgIpc) is 1.97. The van der Waals surface area contributed by atoms with E-state index in [1.807, 2.05) is 0 Å². The molecule has 20 heavy (non-hydrogen) atoms. The Hall–Kier alpha value is -0.702. The normalized spacial score (nSPS) is 5.40. The predicted molar refractivity (Wildman–Crippen MR) is 49.9 cm³/mol. The van der Waals surface area contributed by atoms with Crippen LogP contribution >= 0.6 is 0 Å². The number of carboxylic acid groups (broad SMARTS) is 4. The zero-order valence-electron chi connectivity index (χ0n) is 11.3. The number of rotatable bonds is 0. The number of hydrogen-bond acceptors (Lipinski definition) is 10. The number of carboxylic acids is 4. The van der Waals surface area contributed by atoms with Gasteiger partial charge < -0.3 is 39.6 Å². The molecule has 0 amide bonds. The topological polar surface area (TPSA) is 195 Å². The summed E-state index contributed by atoms with van der Waals surface area (Å²) in [5.41, 5.74) is 0. The molecule has 0 aromatic carbocycles. The van der Waals surface area contributed by atoms with Gasteiger partial charge in [-0.05, 0) is 27.7 Å². The van der Waals surface area contributed by atoms with Gasteiger partial charge in [0.2, 0.25) is 0 Å². The van der Waals surface area contributed by atoms with Crippen LogP contribution in [-0.4, -0.2) is 46.9 Å². The summed E-state index contributed by atoms with van der Waals surface area (Å²) in [5.74, 6) is -4.33. The van der Waals surface area contributed by atoms with Crippen LogP contribution in [0.15, 0.2) is 0 Å². The van der Waals surface area contributed by atoms with Crippen LogP contribution in [0.3, 0.4) is 0 Å². The van der Waals surface area contributed by atoms with Gasteiger partial charge in [-0.1, -0.05) is 0 Å². The van der Waals surface area contributed by atoms with Crippen molar-refractivity contribution in [1.82, 2.24) is 0 Å². The van der Waals surface area contributed by atoms with Crippen molar-refractivity contribution in [2.24, 2.45) is 0 Å². The van der Waals surface area contributed by atoms with Gasteiger partial charge in [0.1, 0.15) is 0 Å². The summed E-state index contributed by atoms with van der Waals surface area (Å²) in [6.45, 7) is 3.89. The third-order valence-electron chi connectivity index (χ3n) is 0. The first-order chi connectivity index (χ1) is 8.34.